The minimum Gasteiger partial charge on any atom is -0.389 e. The Morgan fingerprint density at radius 3 is 2.61 bits per heavy atom. The molecule has 23 heavy (non-hydrogen) atoms. The predicted molar refractivity (Wildman–Crippen MR) is 81.9 cm³/mol. The van der Waals surface area contributed by atoms with Crippen LogP contribution in [0, 0.1) is 23.5 Å². The molecule has 0 aliphatic heterocycles. The van der Waals surface area contributed by atoms with Crippen LogP contribution in [0.4, 0.5) is 8.78 Å². The molecule has 0 bridgehead atoms. The van der Waals surface area contributed by atoms with Gasteiger partial charge in [0.15, 0.2) is 0 Å². The van der Waals surface area contributed by atoms with Gasteiger partial charge >= 0.3 is 0 Å². The topological polar surface area (TPSA) is 58.6 Å². The van der Waals surface area contributed by atoms with Crippen LogP contribution in [0.2, 0.25) is 0 Å². The molecular formula is C17H23F2NO3. The second-order valence-corrected chi connectivity index (χ2v) is 6.41. The summed E-state index contributed by atoms with van der Waals surface area (Å²) in [6, 6.07) is 3.70. The van der Waals surface area contributed by atoms with Crippen molar-refractivity contribution in [1.82, 2.24) is 5.32 Å². The van der Waals surface area contributed by atoms with Gasteiger partial charge in [0.25, 0.3) is 0 Å². The molecule has 1 fully saturated rings. The molecule has 1 aromatic carbocycles. The fourth-order valence-corrected chi connectivity index (χ4v) is 2.52. The maximum Gasteiger partial charge on any atom is 0.223 e. The second kappa shape index (κ2) is 7.84. The summed E-state index contributed by atoms with van der Waals surface area (Å²) in [5.41, 5.74) is -0.0199. The van der Waals surface area contributed by atoms with E-state index < -0.39 is 29.6 Å². The second-order valence-electron chi connectivity index (χ2n) is 6.41. The van der Waals surface area contributed by atoms with E-state index in [-0.39, 0.29) is 24.6 Å². The van der Waals surface area contributed by atoms with Crippen molar-refractivity contribution in [1.29, 1.82) is 0 Å². The fourth-order valence-electron chi connectivity index (χ4n) is 2.52. The first-order valence-electron chi connectivity index (χ1n) is 7.87. The summed E-state index contributed by atoms with van der Waals surface area (Å²) in [5.74, 6) is -2.02. The molecule has 2 rings (SSSR count). The van der Waals surface area contributed by atoms with Crippen molar-refractivity contribution in [3.05, 3.63) is 35.4 Å². The third-order valence-corrected chi connectivity index (χ3v) is 3.77. The minimum atomic E-state index is -0.792. The molecule has 0 unspecified atom stereocenters. The van der Waals surface area contributed by atoms with E-state index in [1.807, 2.05) is 13.8 Å². The Bertz CT molecular complexity index is 530. The number of carbonyl (C=O) groups is 1. The Kier molecular flexibility index (Phi) is 6.07. The van der Waals surface area contributed by atoms with Crippen LogP contribution in [-0.4, -0.2) is 36.9 Å². The van der Waals surface area contributed by atoms with E-state index in [1.165, 1.54) is 18.2 Å². The Morgan fingerprint density at radius 1 is 1.35 bits per heavy atom. The van der Waals surface area contributed by atoms with Gasteiger partial charge < -0.3 is 15.2 Å². The normalized spacial score (nSPS) is 21.3. The van der Waals surface area contributed by atoms with Gasteiger partial charge in [-0.1, -0.05) is 19.9 Å². The number of ether oxygens (including phenoxy) is 1. The number of rotatable bonds is 8. The molecule has 128 valence electrons. The lowest BCUT2D eigenvalue weighted by Crippen LogP contribution is -2.35. The summed E-state index contributed by atoms with van der Waals surface area (Å²) in [6.45, 7) is 4.77. The fraction of sp³-hybridized carbons (Fsp3) is 0.588. The highest BCUT2D eigenvalue weighted by atomic mass is 19.1. The van der Waals surface area contributed by atoms with Crippen LogP contribution in [0.5, 0.6) is 0 Å². The molecule has 2 N–H and O–H groups in total. The van der Waals surface area contributed by atoms with Crippen molar-refractivity contribution in [2.45, 2.75) is 32.3 Å². The lowest BCUT2D eigenvalue weighted by atomic mass is 10.1. The minimum absolute atomic E-state index is 0.0199. The van der Waals surface area contributed by atoms with Gasteiger partial charge in [-0.25, -0.2) is 8.78 Å². The molecule has 0 spiro atoms. The molecule has 1 aliphatic rings. The van der Waals surface area contributed by atoms with Gasteiger partial charge in [0.05, 0.1) is 12.7 Å². The zero-order chi connectivity index (χ0) is 17.0. The van der Waals surface area contributed by atoms with Crippen molar-refractivity contribution in [3.63, 3.8) is 0 Å². The Labute approximate surface area is 134 Å². The summed E-state index contributed by atoms with van der Waals surface area (Å²) in [6.07, 6.45) is -0.371. The van der Waals surface area contributed by atoms with E-state index in [0.717, 1.165) is 0 Å². The van der Waals surface area contributed by atoms with Crippen molar-refractivity contribution in [2.75, 3.05) is 19.8 Å². The molecule has 0 aromatic heterocycles. The zero-order valence-electron chi connectivity index (χ0n) is 13.4. The summed E-state index contributed by atoms with van der Waals surface area (Å²) in [7, 11) is 0. The molecule has 0 radical (unpaired) electrons. The Morgan fingerprint density at radius 2 is 2.00 bits per heavy atom. The maximum absolute atomic E-state index is 13.7. The van der Waals surface area contributed by atoms with Crippen LogP contribution in [-0.2, 0) is 9.53 Å². The van der Waals surface area contributed by atoms with Crippen molar-refractivity contribution >= 4 is 5.91 Å². The smallest absolute Gasteiger partial charge is 0.223 e. The zero-order valence-corrected chi connectivity index (χ0v) is 13.4. The highest BCUT2D eigenvalue weighted by molar-refractivity contribution is 5.82. The number of halogens is 2. The SMILES string of the molecule is CC(C)COC[C@H](O)CNC(=O)[C@H]1C[C@@H]1c1c(F)cccc1F. The van der Waals surface area contributed by atoms with E-state index >= 15 is 0 Å². The predicted octanol–water partition coefficient (Wildman–Crippen LogP) is 2.22. The van der Waals surface area contributed by atoms with Crippen LogP contribution >= 0.6 is 0 Å². The van der Waals surface area contributed by atoms with Gasteiger partial charge in [-0.15, -0.1) is 0 Å². The first-order valence-corrected chi connectivity index (χ1v) is 7.87. The molecule has 1 aromatic rings. The van der Waals surface area contributed by atoms with Crippen LogP contribution < -0.4 is 5.32 Å². The van der Waals surface area contributed by atoms with Crippen LogP contribution in [0.3, 0.4) is 0 Å². The van der Waals surface area contributed by atoms with Gasteiger partial charge in [0.2, 0.25) is 5.91 Å². The number of nitrogens with one attached hydrogen (secondary N) is 1. The lowest BCUT2D eigenvalue weighted by Gasteiger charge is -2.13. The number of hydrogen-bond donors (Lipinski definition) is 2. The van der Waals surface area contributed by atoms with Crippen LogP contribution in [0.15, 0.2) is 18.2 Å². The molecular weight excluding hydrogens is 304 g/mol. The molecule has 1 saturated carbocycles. The average Bonchev–Trinajstić information content (AvgIpc) is 3.24. The third kappa shape index (κ3) is 4.97. The van der Waals surface area contributed by atoms with Crippen LogP contribution in [0.1, 0.15) is 31.7 Å². The maximum atomic E-state index is 13.7. The third-order valence-electron chi connectivity index (χ3n) is 3.77. The number of aliphatic hydroxyl groups excluding tert-OH is 1. The van der Waals surface area contributed by atoms with E-state index in [0.29, 0.717) is 18.9 Å². The highest BCUT2D eigenvalue weighted by Crippen LogP contribution is 2.49. The molecule has 0 saturated heterocycles. The first kappa shape index (κ1) is 17.8. The standard InChI is InChI=1S/C17H23F2NO3/c1-10(2)8-23-9-11(21)7-20-17(22)13-6-12(13)16-14(18)4-3-5-15(16)19/h3-5,10-13,21H,6-9H2,1-2H3,(H,20,22)/t11-,12+,13+/m1/s1. The molecule has 0 heterocycles. The monoisotopic (exact) mass is 327 g/mol. The van der Waals surface area contributed by atoms with Crippen molar-refractivity contribution in [2.24, 2.45) is 11.8 Å². The molecule has 1 amide bonds. The van der Waals surface area contributed by atoms with Gasteiger partial charge in [-0.05, 0) is 24.5 Å². The van der Waals surface area contributed by atoms with Crippen molar-refractivity contribution < 1.29 is 23.4 Å². The number of aliphatic hydroxyl groups is 1. The van der Waals surface area contributed by atoms with Crippen LogP contribution in [0.25, 0.3) is 0 Å². The average molecular weight is 327 g/mol. The summed E-state index contributed by atoms with van der Waals surface area (Å²) in [4.78, 5) is 12.0. The summed E-state index contributed by atoms with van der Waals surface area (Å²) < 4.78 is 32.6. The van der Waals surface area contributed by atoms with E-state index in [1.54, 1.807) is 0 Å². The van der Waals surface area contributed by atoms with E-state index in [2.05, 4.69) is 5.32 Å². The first-order chi connectivity index (χ1) is 10.9. The number of benzene rings is 1. The molecule has 6 heteroatoms. The summed E-state index contributed by atoms with van der Waals surface area (Å²) >= 11 is 0. The molecule has 3 atom stereocenters. The van der Waals surface area contributed by atoms with Crippen molar-refractivity contribution in [3.8, 4) is 0 Å². The largest absolute Gasteiger partial charge is 0.389 e. The Hall–Kier alpha value is -1.53. The summed E-state index contributed by atoms with van der Waals surface area (Å²) in [5, 5.41) is 12.3. The molecule has 1 aliphatic carbocycles. The lowest BCUT2D eigenvalue weighted by molar-refractivity contribution is -0.123. The van der Waals surface area contributed by atoms with E-state index in [4.69, 9.17) is 4.74 Å². The highest BCUT2D eigenvalue weighted by Gasteiger charge is 2.46. The van der Waals surface area contributed by atoms with Gasteiger partial charge in [-0.2, -0.15) is 0 Å². The number of hydrogen-bond acceptors (Lipinski definition) is 3. The van der Waals surface area contributed by atoms with Gasteiger partial charge in [0, 0.05) is 30.6 Å². The Balaban J connectivity index is 1.76. The van der Waals surface area contributed by atoms with Gasteiger partial charge in [-0.3, -0.25) is 4.79 Å². The number of carbonyl (C=O) groups excluding carboxylic acids is 1. The quantitative estimate of drug-likeness (QED) is 0.770. The molecule has 4 nitrogen and oxygen atoms in total. The number of amides is 1. The van der Waals surface area contributed by atoms with E-state index in [9.17, 15) is 18.7 Å². The van der Waals surface area contributed by atoms with Gasteiger partial charge in [0.1, 0.15) is 11.6 Å².